The van der Waals surface area contributed by atoms with Crippen LogP contribution in [0.25, 0.3) is 0 Å². The fourth-order valence-corrected chi connectivity index (χ4v) is 2.80. The fourth-order valence-electron chi connectivity index (χ4n) is 2.80. The number of methoxy groups -OCH3 is 1. The van der Waals surface area contributed by atoms with Gasteiger partial charge in [-0.1, -0.05) is 0 Å². The number of nitrogens with one attached hydrogen (secondary N) is 2. The number of aliphatic imine (C=N–C) groups is 1. The van der Waals surface area contributed by atoms with Crippen LogP contribution in [0, 0.1) is 6.92 Å². The summed E-state index contributed by atoms with van der Waals surface area (Å²) in [5.74, 6) is 0.505. The van der Waals surface area contributed by atoms with Crippen molar-refractivity contribution in [1.82, 2.24) is 9.97 Å². The molecule has 0 aromatic carbocycles. The van der Waals surface area contributed by atoms with Gasteiger partial charge in [0.25, 0.3) is 0 Å². The number of carbonyl (C=O) groups is 1. The summed E-state index contributed by atoms with van der Waals surface area (Å²) in [4.78, 5) is 26.1. The molecule has 0 unspecified atom stereocenters. The van der Waals surface area contributed by atoms with E-state index in [1.165, 1.54) is 7.11 Å². The van der Waals surface area contributed by atoms with Crippen molar-refractivity contribution in [3.8, 4) is 0 Å². The third-order valence-electron chi connectivity index (χ3n) is 4.35. The van der Waals surface area contributed by atoms with E-state index in [1.807, 2.05) is 0 Å². The van der Waals surface area contributed by atoms with Crippen LogP contribution in [0.15, 0.2) is 16.8 Å². The number of nitrogens with two attached hydrogens (primary N) is 1. The van der Waals surface area contributed by atoms with E-state index in [9.17, 15) is 18.0 Å². The average Bonchev–Trinajstić information content (AvgIpc) is 2.64. The molecule has 160 valence electrons. The Morgan fingerprint density at radius 1 is 1.48 bits per heavy atom. The lowest BCUT2D eigenvalue weighted by Gasteiger charge is -2.37. The molecule has 0 aliphatic carbocycles. The minimum atomic E-state index is -4.38. The maximum Gasteiger partial charge on any atom is 0.407 e. The van der Waals surface area contributed by atoms with Crippen molar-refractivity contribution in [1.29, 1.82) is 0 Å². The molecule has 2 heterocycles. The van der Waals surface area contributed by atoms with Crippen molar-refractivity contribution in [2.24, 2.45) is 10.7 Å². The number of ether oxygens (including phenoxy) is 1. The number of aryl methyl sites for hydroxylation is 1. The highest BCUT2D eigenvalue weighted by Crippen LogP contribution is 2.33. The highest BCUT2D eigenvalue weighted by Gasteiger charge is 2.37. The summed E-state index contributed by atoms with van der Waals surface area (Å²) in [5.41, 5.74) is 6.80. The van der Waals surface area contributed by atoms with Gasteiger partial charge in [-0.3, -0.25) is 9.79 Å². The van der Waals surface area contributed by atoms with Gasteiger partial charge in [-0.2, -0.15) is 18.2 Å². The zero-order chi connectivity index (χ0) is 21.8. The quantitative estimate of drug-likeness (QED) is 0.577. The van der Waals surface area contributed by atoms with Crippen molar-refractivity contribution < 1.29 is 22.7 Å². The largest absolute Gasteiger partial charge is 0.407 e. The summed E-state index contributed by atoms with van der Waals surface area (Å²) < 4.78 is 41.9. The summed E-state index contributed by atoms with van der Waals surface area (Å²) in [5, 5.41) is 5.71. The van der Waals surface area contributed by atoms with E-state index in [1.54, 1.807) is 25.8 Å². The van der Waals surface area contributed by atoms with Crippen LogP contribution in [0.2, 0.25) is 0 Å². The summed E-state index contributed by atoms with van der Waals surface area (Å²) in [6.07, 6.45) is -2.56. The zero-order valence-electron chi connectivity index (χ0n) is 16.5. The molecule has 1 aliphatic heterocycles. The molecule has 1 aliphatic rings. The number of aromatic nitrogens is 2. The van der Waals surface area contributed by atoms with Crippen LogP contribution < -0.4 is 21.3 Å². The average molecular weight is 415 g/mol. The van der Waals surface area contributed by atoms with Gasteiger partial charge in [-0.25, -0.2) is 4.98 Å². The van der Waals surface area contributed by atoms with E-state index in [0.717, 1.165) is 12.4 Å². The molecule has 9 nitrogen and oxygen atoms in total. The van der Waals surface area contributed by atoms with Crippen LogP contribution in [0.4, 0.5) is 30.6 Å². The number of fused-ring (bicyclic) bond motifs is 1. The number of alkyl halides is 3. The van der Waals surface area contributed by atoms with Gasteiger partial charge in [-0.05, 0) is 13.8 Å². The number of likely N-dealkylation sites (N-methyl/N-ethyl adjacent to an activating group) is 1. The van der Waals surface area contributed by atoms with E-state index in [4.69, 9.17) is 10.5 Å². The molecule has 12 heteroatoms. The maximum absolute atomic E-state index is 12.4. The molecule has 0 bridgehead atoms. The van der Waals surface area contributed by atoms with Crippen molar-refractivity contribution in [2.45, 2.75) is 32.2 Å². The molecule has 0 saturated carbocycles. The summed E-state index contributed by atoms with van der Waals surface area (Å²) in [6.45, 7) is 2.27. The van der Waals surface area contributed by atoms with E-state index >= 15 is 0 Å². The number of amides is 1. The molecule has 1 aromatic heterocycles. The third-order valence-corrected chi connectivity index (χ3v) is 4.35. The molecule has 0 fully saturated rings. The van der Waals surface area contributed by atoms with Gasteiger partial charge in [0.05, 0.1) is 11.8 Å². The van der Waals surface area contributed by atoms with E-state index in [0.29, 0.717) is 22.8 Å². The van der Waals surface area contributed by atoms with Crippen LogP contribution in [0.5, 0.6) is 0 Å². The monoisotopic (exact) mass is 415 g/mol. The second kappa shape index (κ2) is 9.07. The molecule has 0 spiro atoms. The van der Waals surface area contributed by atoms with E-state index < -0.39 is 18.8 Å². The Kier molecular flexibility index (Phi) is 7.01. The topological polar surface area (TPSA) is 118 Å². The van der Waals surface area contributed by atoms with Gasteiger partial charge < -0.3 is 26.0 Å². The van der Waals surface area contributed by atoms with Gasteiger partial charge in [0.1, 0.15) is 18.3 Å². The first-order chi connectivity index (χ1) is 13.6. The normalized spacial score (nSPS) is 18.6. The SMILES string of the molecule is CO[C@H](C)[C@H]1C(=O)Nc2c(C)nc(NC/C(C=NCC(F)(F)F)=C/N)nc2N1C. The Bertz CT molecular complexity index is 811. The molecular weight excluding hydrogens is 391 g/mol. The van der Waals surface area contributed by atoms with E-state index in [-0.39, 0.29) is 24.5 Å². The molecule has 2 rings (SSSR count). The van der Waals surface area contributed by atoms with Crippen LogP contribution in [-0.2, 0) is 9.53 Å². The number of hydrogen-bond donors (Lipinski definition) is 3. The van der Waals surface area contributed by atoms with Gasteiger partial charge >= 0.3 is 6.18 Å². The van der Waals surface area contributed by atoms with Crippen LogP contribution >= 0.6 is 0 Å². The minimum Gasteiger partial charge on any atom is -0.404 e. The standard InChI is InChI=1S/C17H24F3N7O2/c1-9-12-14(27(3)13(10(2)29-4)15(28)25-12)26-16(24-9)23-7-11(5-21)6-22-8-17(18,19)20/h5-6,10,13H,7-8,21H2,1-4H3,(H,25,28)(H,23,24,26)/b11-5+,22-6?/t10-,13+/m1/s1. The number of halogens is 3. The van der Waals surface area contributed by atoms with Crippen LogP contribution in [0.3, 0.4) is 0 Å². The number of hydrogen-bond acceptors (Lipinski definition) is 8. The van der Waals surface area contributed by atoms with Gasteiger partial charge in [0.15, 0.2) is 5.82 Å². The van der Waals surface area contributed by atoms with Crippen molar-refractivity contribution >= 4 is 29.6 Å². The predicted octanol–water partition coefficient (Wildman–Crippen LogP) is 1.46. The van der Waals surface area contributed by atoms with Crippen LogP contribution in [0.1, 0.15) is 12.6 Å². The molecule has 1 amide bonds. The summed E-state index contributed by atoms with van der Waals surface area (Å²) >= 11 is 0. The summed E-state index contributed by atoms with van der Waals surface area (Å²) in [7, 11) is 3.24. The smallest absolute Gasteiger partial charge is 0.404 e. The van der Waals surface area contributed by atoms with E-state index in [2.05, 4.69) is 25.6 Å². The minimum absolute atomic E-state index is 0.0735. The summed E-state index contributed by atoms with van der Waals surface area (Å²) in [6, 6.07) is -0.580. The highest BCUT2D eigenvalue weighted by molar-refractivity contribution is 6.03. The lowest BCUT2D eigenvalue weighted by atomic mass is 10.1. The van der Waals surface area contributed by atoms with Gasteiger partial charge in [0.2, 0.25) is 11.9 Å². The Morgan fingerprint density at radius 2 is 2.17 bits per heavy atom. The molecule has 0 radical (unpaired) electrons. The highest BCUT2D eigenvalue weighted by atomic mass is 19.4. The van der Waals surface area contributed by atoms with Crippen molar-refractivity contribution in [3.63, 3.8) is 0 Å². The number of anilines is 3. The number of carbonyl (C=O) groups excluding carboxylic acids is 1. The number of rotatable bonds is 7. The molecule has 29 heavy (non-hydrogen) atoms. The second-order valence-corrected chi connectivity index (χ2v) is 6.50. The molecule has 2 atom stereocenters. The predicted molar refractivity (Wildman–Crippen MR) is 104 cm³/mol. The molecule has 1 aromatic rings. The second-order valence-electron chi connectivity index (χ2n) is 6.50. The molecular formula is C17H24F3N7O2. The maximum atomic E-state index is 12.4. The zero-order valence-corrected chi connectivity index (χ0v) is 16.5. The third kappa shape index (κ3) is 5.56. The first-order valence-electron chi connectivity index (χ1n) is 8.73. The Balaban J connectivity index is 2.18. The van der Waals surface area contributed by atoms with Crippen molar-refractivity contribution in [3.05, 3.63) is 17.5 Å². The Hall–Kier alpha value is -2.89. The lowest BCUT2D eigenvalue weighted by Crippen LogP contribution is -2.53. The van der Waals surface area contributed by atoms with Gasteiger partial charge in [-0.15, -0.1) is 0 Å². The molecule has 0 saturated heterocycles. The van der Waals surface area contributed by atoms with Crippen LogP contribution in [-0.4, -0.2) is 67.7 Å². The fraction of sp³-hybridized carbons (Fsp3) is 0.529. The van der Waals surface area contributed by atoms with Crippen molar-refractivity contribution in [2.75, 3.05) is 42.8 Å². The molecule has 4 N–H and O–H groups in total. The first-order valence-corrected chi connectivity index (χ1v) is 8.73. The number of nitrogens with zero attached hydrogens (tertiary/aromatic N) is 4. The Morgan fingerprint density at radius 3 is 2.76 bits per heavy atom. The lowest BCUT2D eigenvalue weighted by molar-refractivity contribution is -0.120. The Labute approximate surface area is 166 Å². The van der Waals surface area contributed by atoms with Gasteiger partial charge in [0, 0.05) is 38.7 Å². The first kappa shape index (κ1) is 22.4.